The van der Waals surface area contributed by atoms with Crippen molar-refractivity contribution < 1.29 is 26.5 Å². The van der Waals surface area contributed by atoms with Crippen molar-refractivity contribution in [3.63, 3.8) is 0 Å². The topological polar surface area (TPSA) is 95.7 Å². The first-order valence-corrected chi connectivity index (χ1v) is 10.4. The van der Waals surface area contributed by atoms with Crippen LogP contribution >= 0.6 is 11.6 Å². The van der Waals surface area contributed by atoms with E-state index in [1.807, 2.05) is 0 Å². The molecular weight excluding hydrogens is 417 g/mol. The smallest absolute Gasteiger partial charge is 0.304 e. The lowest BCUT2D eigenvalue weighted by molar-refractivity contribution is -0.126. The van der Waals surface area contributed by atoms with Crippen LogP contribution in [0.3, 0.4) is 0 Å². The number of ketones is 1. The van der Waals surface area contributed by atoms with E-state index in [0.29, 0.717) is 5.56 Å². The summed E-state index contributed by atoms with van der Waals surface area (Å²) in [5.74, 6) is -3.02. The summed E-state index contributed by atoms with van der Waals surface area (Å²) in [7, 11) is -0.268. The largest absolute Gasteiger partial charge is 0.467 e. The number of hydrogen-bond acceptors (Lipinski definition) is 6. The second kappa shape index (κ2) is 7.14. The van der Waals surface area contributed by atoms with Gasteiger partial charge in [-0.15, -0.1) is 0 Å². The first kappa shape index (κ1) is 21.3. The van der Waals surface area contributed by atoms with Gasteiger partial charge >= 0.3 is 10.1 Å². The molecular formula is C17H16B3ClFNO5S. The minimum Gasteiger partial charge on any atom is -0.467 e. The summed E-state index contributed by atoms with van der Waals surface area (Å²) >= 11 is 6.06. The Bertz CT molecular complexity index is 1110. The molecule has 1 aliphatic heterocycles. The molecule has 0 spiro atoms. The highest BCUT2D eigenvalue weighted by Crippen LogP contribution is 2.41. The van der Waals surface area contributed by atoms with Crippen LogP contribution in [0, 0.1) is 5.82 Å². The Labute approximate surface area is 175 Å². The van der Waals surface area contributed by atoms with Crippen LogP contribution < -0.4 is 5.73 Å². The quantitative estimate of drug-likeness (QED) is 0.501. The van der Waals surface area contributed by atoms with Crippen molar-refractivity contribution in [1.82, 2.24) is 0 Å². The second-order valence-corrected chi connectivity index (χ2v) is 9.67. The lowest BCUT2D eigenvalue weighted by atomic mass is 9.65. The fourth-order valence-electron chi connectivity index (χ4n) is 3.04. The van der Waals surface area contributed by atoms with Crippen molar-refractivity contribution in [2.24, 2.45) is 5.73 Å². The van der Waals surface area contributed by atoms with Crippen molar-refractivity contribution >= 4 is 51.0 Å². The Kier molecular flexibility index (Phi) is 5.25. The van der Waals surface area contributed by atoms with Gasteiger partial charge in [0.2, 0.25) is 17.4 Å². The molecule has 0 amide bonds. The standard InChI is InChI=1S/C17H16B3ClFNO5S/c18-16(12-10(21)7-4-8-11(12)22)14(24)13(15(23)27-16)28-29(25,26)17(19,20)9-5-2-1-3-6-9/h1-8H,18-20,23H2/t16-/m1/s1. The van der Waals surface area contributed by atoms with Gasteiger partial charge in [0.15, 0.2) is 13.3 Å². The number of hydrogen-bond donors (Lipinski definition) is 1. The van der Waals surface area contributed by atoms with E-state index in [9.17, 15) is 17.6 Å². The maximum Gasteiger partial charge on any atom is 0.304 e. The molecule has 12 heteroatoms. The molecule has 0 bridgehead atoms. The van der Waals surface area contributed by atoms with Gasteiger partial charge in [0.1, 0.15) is 21.5 Å². The van der Waals surface area contributed by atoms with Gasteiger partial charge in [0, 0.05) is 5.56 Å². The molecule has 2 aromatic carbocycles. The van der Waals surface area contributed by atoms with E-state index < -0.39 is 43.4 Å². The summed E-state index contributed by atoms with van der Waals surface area (Å²) in [5.41, 5.74) is 3.98. The molecule has 0 saturated heterocycles. The Morgan fingerprint density at radius 2 is 1.76 bits per heavy atom. The minimum absolute atomic E-state index is 0.0672. The summed E-state index contributed by atoms with van der Waals surface area (Å²) in [6.07, 6.45) is 0. The van der Waals surface area contributed by atoms with Crippen LogP contribution in [0.4, 0.5) is 4.39 Å². The molecule has 3 rings (SSSR count). The summed E-state index contributed by atoms with van der Waals surface area (Å²) in [5, 5.41) is -0.0672. The van der Waals surface area contributed by atoms with Gasteiger partial charge in [-0.25, -0.2) is 4.39 Å². The monoisotopic (exact) mass is 433 g/mol. The fourth-order valence-corrected chi connectivity index (χ4v) is 4.39. The SMILES string of the molecule is BC(B)(c1ccccc1)S(=O)(=O)OC1=C(N)O[C@](B)(c2c(F)cccc2Cl)C1=O. The van der Waals surface area contributed by atoms with E-state index in [1.54, 1.807) is 30.3 Å². The van der Waals surface area contributed by atoms with Crippen LogP contribution in [0.1, 0.15) is 11.1 Å². The molecule has 0 fully saturated rings. The average molecular weight is 433 g/mol. The third kappa shape index (κ3) is 3.42. The van der Waals surface area contributed by atoms with Crippen molar-refractivity contribution in [1.29, 1.82) is 0 Å². The normalized spacial score (nSPS) is 19.9. The summed E-state index contributed by atoms with van der Waals surface area (Å²) < 4.78 is 49.3. The van der Waals surface area contributed by atoms with Crippen LogP contribution in [0.15, 0.2) is 60.2 Å². The van der Waals surface area contributed by atoms with Crippen molar-refractivity contribution in [2.45, 2.75) is 10.0 Å². The van der Waals surface area contributed by atoms with E-state index in [1.165, 1.54) is 35.7 Å². The maximum absolute atomic E-state index is 14.4. The molecule has 2 aromatic rings. The minimum atomic E-state index is -4.38. The second-order valence-electron chi connectivity index (χ2n) is 7.17. The Morgan fingerprint density at radius 3 is 2.34 bits per heavy atom. The molecule has 1 heterocycles. The molecule has 6 nitrogen and oxygen atoms in total. The molecule has 0 saturated carbocycles. The molecule has 1 atom stereocenters. The maximum atomic E-state index is 14.4. The number of carbonyl (C=O) groups is 1. The summed E-state index contributed by atoms with van der Waals surface area (Å²) in [6.45, 7) is 0. The molecule has 0 aromatic heterocycles. The van der Waals surface area contributed by atoms with E-state index in [-0.39, 0.29) is 10.6 Å². The van der Waals surface area contributed by atoms with Gasteiger partial charge in [0.05, 0.1) is 9.57 Å². The highest BCUT2D eigenvalue weighted by molar-refractivity contribution is 7.90. The number of rotatable bonds is 5. The number of nitrogens with two attached hydrogens (primary N) is 1. The number of halogens is 2. The van der Waals surface area contributed by atoms with Gasteiger partial charge in [-0.05, 0) is 17.7 Å². The highest BCUT2D eigenvalue weighted by atomic mass is 35.5. The van der Waals surface area contributed by atoms with Gasteiger partial charge in [-0.1, -0.05) is 48.0 Å². The number of benzene rings is 2. The van der Waals surface area contributed by atoms with Gasteiger partial charge in [0.25, 0.3) is 0 Å². The first-order chi connectivity index (χ1) is 13.4. The van der Waals surface area contributed by atoms with Crippen molar-refractivity contribution in [2.75, 3.05) is 0 Å². The van der Waals surface area contributed by atoms with Gasteiger partial charge < -0.3 is 14.7 Å². The Balaban J connectivity index is 1.99. The molecule has 0 aliphatic carbocycles. The predicted molar refractivity (Wildman–Crippen MR) is 114 cm³/mol. The lowest BCUT2D eigenvalue weighted by Crippen LogP contribution is -2.40. The lowest BCUT2D eigenvalue weighted by Gasteiger charge is -2.26. The molecule has 0 unspecified atom stereocenters. The van der Waals surface area contributed by atoms with Crippen LogP contribution in [0.25, 0.3) is 0 Å². The third-order valence-corrected chi connectivity index (χ3v) is 7.09. The van der Waals surface area contributed by atoms with Crippen LogP contribution in [-0.2, 0) is 33.9 Å². The molecule has 29 heavy (non-hydrogen) atoms. The highest BCUT2D eigenvalue weighted by Gasteiger charge is 2.52. The molecule has 148 valence electrons. The van der Waals surface area contributed by atoms with E-state index in [0.717, 1.165) is 6.07 Å². The summed E-state index contributed by atoms with van der Waals surface area (Å²) in [6, 6.07) is 12.2. The predicted octanol–water partition coefficient (Wildman–Crippen LogP) is -0.585. The zero-order valence-corrected chi connectivity index (χ0v) is 17.5. The van der Waals surface area contributed by atoms with Gasteiger partial charge in [-0.3, -0.25) is 4.79 Å². The zero-order valence-electron chi connectivity index (χ0n) is 15.9. The Hall–Kier alpha value is -2.39. The van der Waals surface area contributed by atoms with E-state index in [4.69, 9.17) is 26.3 Å². The first-order valence-electron chi connectivity index (χ1n) is 8.59. The fraction of sp³-hybridized carbons (Fsp3) is 0.118. The molecule has 1 aliphatic rings. The number of carbonyl (C=O) groups excluding carboxylic acids is 1. The number of Topliss-reactive ketones (excluding diaryl/α,β-unsaturated/α-hetero) is 1. The van der Waals surface area contributed by atoms with Crippen molar-refractivity contribution in [3.8, 4) is 0 Å². The summed E-state index contributed by atoms with van der Waals surface area (Å²) in [4.78, 5) is 13.0. The van der Waals surface area contributed by atoms with Crippen LogP contribution in [0.2, 0.25) is 5.02 Å². The van der Waals surface area contributed by atoms with Crippen LogP contribution in [0.5, 0.6) is 0 Å². The third-order valence-electron chi connectivity index (χ3n) is 4.90. The Morgan fingerprint density at radius 1 is 1.14 bits per heavy atom. The van der Waals surface area contributed by atoms with Crippen LogP contribution in [-0.4, -0.2) is 37.7 Å². The molecule has 2 N–H and O–H groups in total. The molecule has 0 radical (unpaired) electrons. The van der Waals surface area contributed by atoms with Gasteiger partial charge in [-0.2, -0.15) is 8.42 Å². The number of ether oxygens (including phenoxy) is 1. The zero-order chi connectivity index (χ0) is 21.6. The van der Waals surface area contributed by atoms with Crippen molar-refractivity contribution in [3.05, 3.63) is 82.1 Å². The van der Waals surface area contributed by atoms with E-state index in [2.05, 4.69) is 0 Å². The average Bonchev–Trinajstić information content (AvgIpc) is 2.85. The van der Waals surface area contributed by atoms with E-state index >= 15 is 0 Å².